The van der Waals surface area contributed by atoms with E-state index in [1.165, 1.54) is 11.0 Å². The van der Waals surface area contributed by atoms with Crippen LogP contribution in [0, 0.1) is 0 Å². The molecule has 0 radical (unpaired) electrons. The third-order valence-corrected chi connectivity index (χ3v) is 4.46. The van der Waals surface area contributed by atoms with Crippen molar-refractivity contribution >= 4 is 11.9 Å². The van der Waals surface area contributed by atoms with Gasteiger partial charge in [0.05, 0.1) is 16.8 Å². The largest absolute Gasteiger partial charge is 0.478 e. The molecule has 0 fully saturated rings. The Hall–Kier alpha value is -4.33. The molecule has 0 amide bonds. The molecule has 8 nitrogen and oxygen atoms in total. The van der Waals surface area contributed by atoms with Crippen molar-refractivity contribution in [2.24, 2.45) is 0 Å². The van der Waals surface area contributed by atoms with E-state index in [2.05, 4.69) is 15.5 Å². The topological polar surface area (TPSA) is 118 Å². The fourth-order valence-electron chi connectivity index (χ4n) is 2.97. The number of tetrazole rings is 1. The second kappa shape index (κ2) is 7.35. The third-order valence-electron chi connectivity index (χ3n) is 4.46. The highest BCUT2D eigenvalue weighted by Crippen LogP contribution is 2.30. The van der Waals surface area contributed by atoms with Crippen molar-refractivity contribution in [1.29, 1.82) is 0 Å². The van der Waals surface area contributed by atoms with Gasteiger partial charge in [-0.25, -0.2) is 14.3 Å². The van der Waals surface area contributed by atoms with E-state index in [1.54, 1.807) is 48.5 Å². The highest BCUT2D eigenvalue weighted by atomic mass is 16.4. The Balaban J connectivity index is 1.83. The molecule has 142 valence electrons. The van der Waals surface area contributed by atoms with E-state index in [0.717, 1.165) is 22.3 Å². The van der Waals surface area contributed by atoms with Crippen molar-refractivity contribution < 1.29 is 19.8 Å². The van der Waals surface area contributed by atoms with Gasteiger partial charge in [-0.2, -0.15) is 0 Å². The molecule has 0 atom stereocenters. The summed E-state index contributed by atoms with van der Waals surface area (Å²) in [4.78, 5) is 22.2. The molecule has 0 spiro atoms. The second-order valence-electron chi connectivity index (χ2n) is 6.29. The summed E-state index contributed by atoms with van der Waals surface area (Å²) < 4.78 is 1.52. The monoisotopic (exact) mass is 386 g/mol. The van der Waals surface area contributed by atoms with Gasteiger partial charge in [0, 0.05) is 0 Å². The summed E-state index contributed by atoms with van der Waals surface area (Å²) in [6, 6.07) is 18.8. The van der Waals surface area contributed by atoms with Crippen molar-refractivity contribution in [3.8, 4) is 27.9 Å². The minimum atomic E-state index is -0.988. The molecule has 4 aromatic rings. The van der Waals surface area contributed by atoms with Crippen LogP contribution in [-0.4, -0.2) is 42.4 Å². The van der Waals surface area contributed by atoms with Crippen molar-refractivity contribution in [3.05, 3.63) is 84.2 Å². The number of rotatable bonds is 5. The summed E-state index contributed by atoms with van der Waals surface area (Å²) in [6.07, 6.45) is 1.48. The van der Waals surface area contributed by atoms with Crippen molar-refractivity contribution in [2.75, 3.05) is 0 Å². The van der Waals surface area contributed by atoms with Crippen LogP contribution in [0.5, 0.6) is 0 Å². The number of hydrogen-bond acceptors (Lipinski definition) is 5. The molecule has 0 bridgehead atoms. The summed E-state index contributed by atoms with van der Waals surface area (Å²) in [5, 5.41) is 29.5. The van der Waals surface area contributed by atoms with Gasteiger partial charge in [-0.3, -0.25) is 0 Å². The predicted octanol–water partition coefficient (Wildman–Crippen LogP) is 3.39. The number of nitrogens with zero attached hydrogens (tertiary/aromatic N) is 4. The Kier molecular flexibility index (Phi) is 4.58. The second-order valence-corrected chi connectivity index (χ2v) is 6.29. The van der Waals surface area contributed by atoms with Crippen LogP contribution in [0.1, 0.15) is 20.7 Å². The van der Waals surface area contributed by atoms with Crippen LogP contribution in [0.2, 0.25) is 0 Å². The van der Waals surface area contributed by atoms with Gasteiger partial charge in [0.1, 0.15) is 6.33 Å². The van der Waals surface area contributed by atoms with Gasteiger partial charge in [-0.15, -0.1) is 5.10 Å². The fraction of sp³-hybridized carbons (Fsp3) is 0. The number of benzene rings is 3. The number of hydrogen-bond donors (Lipinski definition) is 2. The molecule has 0 aliphatic rings. The molecule has 0 saturated heterocycles. The van der Waals surface area contributed by atoms with Gasteiger partial charge in [0.15, 0.2) is 0 Å². The molecule has 4 rings (SSSR count). The smallest absolute Gasteiger partial charge is 0.335 e. The van der Waals surface area contributed by atoms with E-state index in [9.17, 15) is 9.59 Å². The predicted molar refractivity (Wildman–Crippen MR) is 104 cm³/mol. The fourth-order valence-corrected chi connectivity index (χ4v) is 2.97. The quantitative estimate of drug-likeness (QED) is 0.540. The molecule has 0 unspecified atom stereocenters. The summed E-state index contributed by atoms with van der Waals surface area (Å²) in [5.74, 6) is -1.98. The van der Waals surface area contributed by atoms with Crippen LogP contribution < -0.4 is 0 Å². The molecule has 0 aliphatic heterocycles. The van der Waals surface area contributed by atoms with Crippen LogP contribution in [0.15, 0.2) is 73.1 Å². The number of carbonyl (C=O) groups is 2. The minimum absolute atomic E-state index is 0.204. The lowest BCUT2D eigenvalue weighted by atomic mass is 9.97. The maximum absolute atomic E-state index is 11.1. The van der Waals surface area contributed by atoms with Crippen LogP contribution in [0.25, 0.3) is 27.9 Å². The van der Waals surface area contributed by atoms with E-state index in [1.807, 2.05) is 18.2 Å². The van der Waals surface area contributed by atoms with E-state index in [4.69, 9.17) is 10.2 Å². The molecule has 1 aromatic heterocycles. The Labute approximate surface area is 164 Å². The van der Waals surface area contributed by atoms with Gasteiger partial charge < -0.3 is 10.2 Å². The molecule has 0 saturated carbocycles. The van der Waals surface area contributed by atoms with E-state index in [-0.39, 0.29) is 11.1 Å². The standard InChI is InChI=1S/C21H14N4O4/c26-20(27)15-5-1-13(2-6-15)17-9-18(11-19(10-17)25-12-22-23-24-25)14-3-7-16(8-4-14)21(28)29/h1-12H,(H,26,27)(H,28,29). The molecule has 0 aliphatic carbocycles. The molecule has 3 aromatic carbocycles. The van der Waals surface area contributed by atoms with Crippen molar-refractivity contribution in [1.82, 2.24) is 20.2 Å². The zero-order valence-corrected chi connectivity index (χ0v) is 14.9. The van der Waals surface area contributed by atoms with Crippen LogP contribution >= 0.6 is 0 Å². The number of carboxylic acids is 2. The Morgan fingerprint density at radius 3 is 1.55 bits per heavy atom. The molecule has 2 N–H and O–H groups in total. The molecular weight excluding hydrogens is 372 g/mol. The average molecular weight is 386 g/mol. The van der Waals surface area contributed by atoms with Gasteiger partial charge in [0.25, 0.3) is 0 Å². The molecular formula is C21H14N4O4. The molecule has 29 heavy (non-hydrogen) atoms. The average Bonchev–Trinajstić information content (AvgIpc) is 3.28. The van der Waals surface area contributed by atoms with Gasteiger partial charge in [0.2, 0.25) is 0 Å². The van der Waals surface area contributed by atoms with Crippen LogP contribution in [0.4, 0.5) is 0 Å². The number of aromatic carboxylic acids is 2. The van der Waals surface area contributed by atoms with E-state index < -0.39 is 11.9 Å². The zero-order valence-electron chi connectivity index (χ0n) is 14.9. The lowest BCUT2D eigenvalue weighted by Gasteiger charge is -2.11. The normalized spacial score (nSPS) is 10.6. The van der Waals surface area contributed by atoms with Gasteiger partial charge >= 0.3 is 11.9 Å². The first kappa shape index (κ1) is 18.1. The number of aromatic nitrogens is 4. The van der Waals surface area contributed by atoms with Gasteiger partial charge in [-0.1, -0.05) is 24.3 Å². The number of carboxylic acid groups (broad SMARTS) is 2. The van der Waals surface area contributed by atoms with Crippen LogP contribution in [-0.2, 0) is 0 Å². The Bertz CT molecular complexity index is 1110. The van der Waals surface area contributed by atoms with Crippen molar-refractivity contribution in [2.45, 2.75) is 0 Å². The first-order valence-corrected chi connectivity index (χ1v) is 8.57. The zero-order chi connectivity index (χ0) is 20.4. The third kappa shape index (κ3) is 3.72. The first-order chi connectivity index (χ1) is 14.0. The lowest BCUT2D eigenvalue weighted by molar-refractivity contribution is 0.0686. The highest BCUT2D eigenvalue weighted by Gasteiger charge is 2.10. The summed E-state index contributed by atoms with van der Waals surface area (Å²) in [5.41, 5.74) is 4.46. The van der Waals surface area contributed by atoms with Crippen molar-refractivity contribution in [3.63, 3.8) is 0 Å². The summed E-state index contributed by atoms with van der Waals surface area (Å²) in [7, 11) is 0. The lowest BCUT2D eigenvalue weighted by Crippen LogP contribution is -1.98. The molecule has 1 heterocycles. The van der Waals surface area contributed by atoms with E-state index in [0.29, 0.717) is 5.69 Å². The summed E-state index contributed by atoms with van der Waals surface area (Å²) >= 11 is 0. The Morgan fingerprint density at radius 2 is 1.17 bits per heavy atom. The van der Waals surface area contributed by atoms with Crippen LogP contribution in [0.3, 0.4) is 0 Å². The molecule has 8 heteroatoms. The van der Waals surface area contributed by atoms with Gasteiger partial charge in [-0.05, 0) is 75.1 Å². The summed E-state index contributed by atoms with van der Waals surface area (Å²) in [6.45, 7) is 0. The Morgan fingerprint density at radius 1 is 0.690 bits per heavy atom. The SMILES string of the molecule is O=C(O)c1ccc(-c2cc(-c3ccc(C(=O)O)cc3)cc(-n3cnnn3)c2)cc1. The maximum Gasteiger partial charge on any atom is 0.335 e. The van der Waals surface area contributed by atoms with E-state index >= 15 is 0 Å². The first-order valence-electron chi connectivity index (χ1n) is 8.57. The maximum atomic E-state index is 11.1. The minimum Gasteiger partial charge on any atom is -0.478 e. The highest BCUT2D eigenvalue weighted by molar-refractivity contribution is 5.89.